The number of carboxylic acid groups (broad SMARTS) is 1. The average molecular weight is 290 g/mol. The Morgan fingerprint density at radius 1 is 1.33 bits per heavy atom. The third-order valence-electron chi connectivity index (χ3n) is 5.08. The molecule has 114 valence electrons. The van der Waals surface area contributed by atoms with Crippen LogP contribution in [0.15, 0.2) is 18.2 Å². The van der Waals surface area contributed by atoms with Gasteiger partial charge in [-0.3, -0.25) is 0 Å². The second-order valence-corrected chi connectivity index (χ2v) is 6.29. The Morgan fingerprint density at radius 3 is 2.90 bits per heavy atom. The Balaban J connectivity index is 1.86. The number of nitrogens with two attached hydrogens (primary N) is 1. The van der Waals surface area contributed by atoms with E-state index in [0.717, 1.165) is 50.9 Å². The lowest BCUT2D eigenvalue weighted by molar-refractivity contribution is -0.0612. The van der Waals surface area contributed by atoms with Crippen LogP contribution in [0.25, 0.3) is 0 Å². The molecule has 21 heavy (non-hydrogen) atoms. The molecule has 4 N–H and O–H groups in total. The highest BCUT2D eigenvalue weighted by atomic mass is 16.4. The fourth-order valence-corrected chi connectivity index (χ4v) is 3.80. The van der Waals surface area contributed by atoms with Crippen molar-refractivity contribution < 1.29 is 15.0 Å². The molecule has 0 aromatic heterocycles. The van der Waals surface area contributed by atoms with Gasteiger partial charge in [0.1, 0.15) is 0 Å². The summed E-state index contributed by atoms with van der Waals surface area (Å²) in [6, 6.07) is 5.13. The molecule has 3 rings (SSSR count). The van der Waals surface area contributed by atoms with Gasteiger partial charge in [0, 0.05) is 19.0 Å². The lowest BCUT2D eigenvalue weighted by Crippen LogP contribution is -2.53. The molecule has 1 aromatic rings. The van der Waals surface area contributed by atoms with Crippen LogP contribution in [-0.2, 0) is 0 Å². The summed E-state index contributed by atoms with van der Waals surface area (Å²) >= 11 is 0. The highest BCUT2D eigenvalue weighted by Gasteiger charge is 2.43. The van der Waals surface area contributed by atoms with Gasteiger partial charge in [0.2, 0.25) is 0 Å². The molecule has 2 unspecified atom stereocenters. The van der Waals surface area contributed by atoms with Crippen LogP contribution in [0.3, 0.4) is 0 Å². The molecule has 5 nitrogen and oxygen atoms in total. The molecule has 1 heterocycles. The first kappa shape index (κ1) is 14.2. The number of piperidine rings is 1. The molecule has 0 spiro atoms. The second-order valence-electron chi connectivity index (χ2n) is 6.29. The normalized spacial score (nSPS) is 29.0. The van der Waals surface area contributed by atoms with Crippen LogP contribution in [0.2, 0.25) is 0 Å². The summed E-state index contributed by atoms with van der Waals surface area (Å²) in [5.74, 6) is -0.742. The predicted molar refractivity (Wildman–Crippen MR) is 81.6 cm³/mol. The van der Waals surface area contributed by atoms with Gasteiger partial charge in [-0.2, -0.15) is 0 Å². The van der Waals surface area contributed by atoms with E-state index < -0.39 is 11.6 Å². The van der Waals surface area contributed by atoms with Crippen LogP contribution in [-0.4, -0.2) is 34.9 Å². The van der Waals surface area contributed by atoms with Crippen molar-refractivity contribution in [3.63, 3.8) is 0 Å². The van der Waals surface area contributed by atoms with Gasteiger partial charge in [-0.05, 0) is 31.4 Å². The minimum atomic E-state index is -1.000. The van der Waals surface area contributed by atoms with E-state index in [1.807, 2.05) is 6.07 Å². The monoisotopic (exact) mass is 290 g/mol. The van der Waals surface area contributed by atoms with Gasteiger partial charge in [0.15, 0.2) is 0 Å². The van der Waals surface area contributed by atoms with Gasteiger partial charge in [-0.25, -0.2) is 4.79 Å². The van der Waals surface area contributed by atoms with Crippen molar-refractivity contribution in [3.8, 4) is 0 Å². The van der Waals surface area contributed by atoms with Crippen LogP contribution in [0.1, 0.15) is 42.5 Å². The minimum Gasteiger partial charge on any atom is -0.478 e. The second kappa shape index (κ2) is 5.22. The molecule has 1 saturated carbocycles. The van der Waals surface area contributed by atoms with Crippen LogP contribution in [0, 0.1) is 5.92 Å². The molecule has 1 aliphatic carbocycles. The maximum atomic E-state index is 11.2. The number of carboxylic acids is 1. The standard InChI is InChI=1S/C16H22N2O3/c17-14-12(15(19)20)5-3-6-13(14)18-9-8-16(21)7-2-1-4-11(16)10-18/h3,5-6,11,21H,1-2,4,7-10,17H2,(H,19,20). The summed E-state index contributed by atoms with van der Waals surface area (Å²) in [6.07, 6.45) is 4.91. The van der Waals surface area contributed by atoms with Crippen molar-refractivity contribution >= 4 is 17.3 Å². The molecule has 0 bridgehead atoms. The number of aliphatic hydroxyl groups is 1. The molecule has 1 aliphatic heterocycles. The highest BCUT2D eigenvalue weighted by molar-refractivity contribution is 5.97. The van der Waals surface area contributed by atoms with E-state index in [4.69, 9.17) is 5.73 Å². The van der Waals surface area contributed by atoms with Gasteiger partial charge >= 0.3 is 5.97 Å². The van der Waals surface area contributed by atoms with E-state index in [1.54, 1.807) is 6.07 Å². The average Bonchev–Trinajstić information content (AvgIpc) is 2.46. The number of aromatic carboxylic acids is 1. The Hall–Kier alpha value is -1.75. The highest BCUT2D eigenvalue weighted by Crippen LogP contribution is 2.42. The van der Waals surface area contributed by atoms with E-state index in [9.17, 15) is 15.0 Å². The van der Waals surface area contributed by atoms with E-state index >= 15 is 0 Å². The Labute approximate surface area is 124 Å². The minimum absolute atomic E-state index is 0.150. The van der Waals surface area contributed by atoms with Crippen molar-refractivity contribution in [1.29, 1.82) is 0 Å². The Kier molecular flexibility index (Phi) is 3.53. The smallest absolute Gasteiger partial charge is 0.337 e. The number of carbonyl (C=O) groups is 1. The largest absolute Gasteiger partial charge is 0.478 e. The van der Waals surface area contributed by atoms with Crippen molar-refractivity contribution in [2.75, 3.05) is 23.7 Å². The number of anilines is 2. The fourth-order valence-electron chi connectivity index (χ4n) is 3.80. The topological polar surface area (TPSA) is 86.8 Å². The Morgan fingerprint density at radius 2 is 2.14 bits per heavy atom. The quantitative estimate of drug-likeness (QED) is 0.726. The summed E-state index contributed by atoms with van der Waals surface area (Å²) in [4.78, 5) is 13.3. The first-order valence-electron chi connectivity index (χ1n) is 7.60. The molecule has 1 aromatic carbocycles. The number of fused-ring (bicyclic) bond motifs is 1. The maximum absolute atomic E-state index is 11.2. The first-order chi connectivity index (χ1) is 10.0. The van der Waals surface area contributed by atoms with Crippen LogP contribution in [0.4, 0.5) is 11.4 Å². The number of nitrogen functional groups attached to an aromatic ring is 1. The number of hydrogen-bond acceptors (Lipinski definition) is 4. The summed E-state index contributed by atoms with van der Waals surface area (Å²) in [7, 11) is 0. The van der Waals surface area contributed by atoms with Gasteiger partial charge in [-0.15, -0.1) is 0 Å². The molecule has 5 heteroatoms. The number of hydrogen-bond donors (Lipinski definition) is 3. The molecule has 0 radical (unpaired) electrons. The summed E-state index contributed by atoms with van der Waals surface area (Å²) in [5, 5.41) is 19.9. The third kappa shape index (κ3) is 2.46. The maximum Gasteiger partial charge on any atom is 0.337 e. The van der Waals surface area contributed by atoms with Gasteiger partial charge in [0.05, 0.1) is 22.5 Å². The number of nitrogens with zero attached hydrogens (tertiary/aromatic N) is 1. The lowest BCUT2D eigenvalue weighted by atomic mass is 9.71. The molecule has 2 fully saturated rings. The number of rotatable bonds is 2. The molecule has 2 aliphatic rings. The van der Waals surface area contributed by atoms with Gasteiger partial charge < -0.3 is 20.8 Å². The van der Waals surface area contributed by atoms with Gasteiger partial charge in [-0.1, -0.05) is 18.9 Å². The van der Waals surface area contributed by atoms with E-state index in [1.165, 1.54) is 6.07 Å². The predicted octanol–water partition coefficient (Wildman–Crippen LogP) is 2.10. The van der Waals surface area contributed by atoms with Crippen molar-refractivity contribution in [2.45, 2.75) is 37.7 Å². The van der Waals surface area contributed by atoms with E-state index in [2.05, 4.69) is 4.90 Å². The molecule has 1 saturated heterocycles. The third-order valence-corrected chi connectivity index (χ3v) is 5.08. The number of benzene rings is 1. The van der Waals surface area contributed by atoms with Crippen LogP contribution < -0.4 is 10.6 Å². The zero-order valence-corrected chi connectivity index (χ0v) is 12.1. The molecular weight excluding hydrogens is 268 g/mol. The molecular formula is C16H22N2O3. The summed E-state index contributed by atoms with van der Waals surface area (Å²) in [5.41, 5.74) is 6.75. The van der Waals surface area contributed by atoms with E-state index in [-0.39, 0.29) is 11.5 Å². The first-order valence-corrected chi connectivity index (χ1v) is 7.60. The van der Waals surface area contributed by atoms with Crippen LogP contribution in [0.5, 0.6) is 0 Å². The zero-order valence-electron chi connectivity index (χ0n) is 12.1. The molecule has 2 atom stereocenters. The van der Waals surface area contributed by atoms with Gasteiger partial charge in [0.25, 0.3) is 0 Å². The van der Waals surface area contributed by atoms with Crippen LogP contribution >= 0.6 is 0 Å². The number of para-hydroxylation sites is 1. The summed E-state index contributed by atoms with van der Waals surface area (Å²) < 4.78 is 0. The summed E-state index contributed by atoms with van der Waals surface area (Å²) in [6.45, 7) is 1.48. The van der Waals surface area contributed by atoms with Crippen molar-refractivity contribution in [2.24, 2.45) is 5.92 Å². The lowest BCUT2D eigenvalue weighted by Gasteiger charge is -2.48. The fraction of sp³-hybridized carbons (Fsp3) is 0.562. The Bertz CT molecular complexity index is 560. The van der Waals surface area contributed by atoms with E-state index in [0.29, 0.717) is 5.69 Å². The zero-order chi connectivity index (χ0) is 15.0. The van der Waals surface area contributed by atoms with Crippen molar-refractivity contribution in [3.05, 3.63) is 23.8 Å². The van der Waals surface area contributed by atoms with Crippen molar-refractivity contribution in [1.82, 2.24) is 0 Å². The SMILES string of the molecule is Nc1c(C(=O)O)cccc1N1CCC2(O)CCCCC2C1. The molecule has 0 amide bonds.